The van der Waals surface area contributed by atoms with Gasteiger partial charge < -0.3 is 0 Å². The van der Waals surface area contributed by atoms with Crippen molar-refractivity contribution in [3.8, 4) is 0 Å². The summed E-state index contributed by atoms with van der Waals surface area (Å²) < 4.78 is 0. The van der Waals surface area contributed by atoms with Crippen LogP contribution in [0.25, 0.3) is 12.2 Å². The van der Waals surface area contributed by atoms with E-state index < -0.39 is 0 Å². The van der Waals surface area contributed by atoms with E-state index in [4.69, 9.17) is 11.6 Å². The van der Waals surface area contributed by atoms with Crippen LogP contribution in [-0.4, -0.2) is 15.4 Å². The second kappa shape index (κ2) is 4.07. The van der Waals surface area contributed by atoms with E-state index in [1.807, 2.05) is 36.4 Å². The fourth-order valence-corrected chi connectivity index (χ4v) is 1.27. The van der Waals surface area contributed by atoms with Gasteiger partial charge in [-0.1, -0.05) is 35.9 Å². The summed E-state index contributed by atoms with van der Waals surface area (Å²) in [7, 11) is 0. The largest absolute Gasteiger partial charge is 0.197 e. The summed E-state index contributed by atoms with van der Waals surface area (Å²) in [6, 6.07) is 7.63. The van der Waals surface area contributed by atoms with E-state index in [9.17, 15) is 0 Å². The molecule has 0 saturated heterocycles. The SMILES string of the molecule is Clc1ccccc1C=Cc1cn[nH]n1. The number of benzene rings is 1. The van der Waals surface area contributed by atoms with Crippen molar-refractivity contribution in [3.05, 3.63) is 46.7 Å². The number of rotatable bonds is 2. The van der Waals surface area contributed by atoms with E-state index in [0.717, 1.165) is 16.3 Å². The molecule has 0 aliphatic carbocycles. The molecule has 1 aromatic heterocycles. The Bertz CT molecular complexity index is 434. The molecule has 14 heavy (non-hydrogen) atoms. The molecular weight excluding hydrogens is 198 g/mol. The van der Waals surface area contributed by atoms with Crippen LogP contribution >= 0.6 is 11.6 Å². The van der Waals surface area contributed by atoms with E-state index in [-0.39, 0.29) is 0 Å². The van der Waals surface area contributed by atoms with Crippen LogP contribution in [0.3, 0.4) is 0 Å². The van der Waals surface area contributed by atoms with Gasteiger partial charge in [0.1, 0.15) is 5.69 Å². The molecule has 0 aliphatic heterocycles. The zero-order valence-corrected chi connectivity index (χ0v) is 8.07. The summed E-state index contributed by atoms with van der Waals surface area (Å²) >= 11 is 5.97. The highest BCUT2D eigenvalue weighted by Gasteiger charge is 1.93. The van der Waals surface area contributed by atoms with Crippen LogP contribution in [0.2, 0.25) is 5.02 Å². The lowest BCUT2D eigenvalue weighted by molar-refractivity contribution is 0.937. The summed E-state index contributed by atoms with van der Waals surface area (Å²) in [4.78, 5) is 0. The maximum absolute atomic E-state index is 5.97. The first-order chi connectivity index (χ1) is 6.86. The van der Waals surface area contributed by atoms with Gasteiger partial charge in [-0.3, -0.25) is 0 Å². The lowest BCUT2D eigenvalue weighted by Crippen LogP contribution is -1.74. The third-order valence-electron chi connectivity index (χ3n) is 1.77. The van der Waals surface area contributed by atoms with Gasteiger partial charge in [-0.25, -0.2) is 0 Å². The summed E-state index contributed by atoms with van der Waals surface area (Å²) in [5.74, 6) is 0. The predicted octanol–water partition coefficient (Wildman–Crippen LogP) is 2.63. The third kappa shape index (κ3) is 2.00. The molecular formula is C10H8ClN3. The van der Waals surface area contributed by atoms with Crippen molar-refractivity contribution in [2.75, 3.05) is 0 Å². The molecule has 4 heteroatoms. The summed E-state index contributed by atoms with van der Waals surface area (Å²) in [6.07, 6.45) is 5.40. The summed E-state index contributed by atoms with van der Waals surface area (Å²) in [5, 5.41) is 10.9. The van der Waals surface area contributed by atoms with Gasteiger partial charge in [-0.05, 0) is 17.7 Å². The molecule has 0 bridgehead atoms. The molecule has 1 N–H and O–H groups in total. The summed E-state index contributed by atoms with van der Waals surface area (Å²) in [6.45, 7) is 0. The molecule has 0 fully saturated rings. The molecule has 2 aromatic rings. The fourth-order valence-electron chi connectivity index (χ4n) is 1.08. The Kier molecular flexibility index (Phi) is 2.60. The van der Waals surface area contributed by atoms with Crippen molar-refractivity contribution in [2.24, 2.45) is 0 Å². The van der Waals surface area contributed by atoms with Crippen LogP contribution in [0.5, 0.6) is 0 Å². The van der Waals surface area contributed by atoms with Gasteiger partial charge >= 0.3 is 0 Å². The van der Waals surface area contributed by atoms with Crippen molar-refractivity contribution in [2.45, 2.75) is 0 Å². The number of aromatic amines is 1. The molecule has 2 rings (SSSR count). The van der Waals surface area contributed by atoms with E-state index in [0.29, 0.717) is 0 Å². The molecule has 1 heterocycles. The summed E-state index contributed by atoms with van der Waals surface area (Å²) in [5.41, 5.74) is 1.75. The average molecular weight is 206 g/mol. The maximum Gasteiger partial charge on any atom is 0.105 e. The number of aromatic nitrogens is 3. The van der Waals surface area contributed by atoms with Gasteiger partial charge in [0.05, 0.1) is 6.20 Å². The molecule has 0 spiro atoms. The number of hydrogen-bond acceptors (Lipinski definition) is 2. The van der Waals surface area contributed by atoms with Gasteiger partial charge in [-0.15, -0.1) is 0 Å². The van der Waals surface area contributed by atoms with Gasteiger partial charge in [0, 0.05) is 5.02 Å². The van der Waals surface area contributed by atoms with Gasteiger partial charge in [0.15, 0.2) is 0 Å². The van der Waals surface area contributed by atoms with Crippen LogP contribution in [0.15, 0.2) is 30.5 Å². The van der Waals surface area contributed by atoms with Crippen LogP contribution < -0.4 is 0 Å². The van der Waals surface area contributed by atoms with Crippen LogP contribution in [0, 0.1) is 0 Å². The fraction of sp³-hybridized carbons (Fsp3) is 0. The number of hydrogen-bond donors (Lipinski definition) is 1. The van der Waals surface area contributed by atoms with Crippen molar-refractivity contribution in [1.29, 1.82) is 0 Å². The Balaban J connectivity index is 2.23. The molecule has 0 amide bonds. The zero-order valence-electron chi connectivity index (χ0n) is 7.31. The minimum absolute atomic E-state index is 0.729. The second-order valence-electron chi connectivity index (χ2n) is 2.75. The average Bonchev–Trinajstić information content (AvgIpc) is 2.69. The normalized spacial score (nSPS) is 10.9. The predicted molar refractivity (Wildman–Crippen MR) is 56.8 cm³/mol. The molecule has 0 aliphatic rings. The molecule has 1 aromatic carbocycles. The first kappa shape index (κ1) is 8.97. The minimum atomic E-state index is 0.729. The van der Waals surface area contributed by atoms with Crippen LogP contribution in [-0.2, 0) is 0 Å². The first-order valence-corrected chi connectivity index (χ1v) is 4.52. The van der Waals surface area contributed by atoms with Crippen LogP contribution in [0.1, 0.15) is 11.3 Å². The second-order valence-corrected chi connectivity index (χ2v) is 3.16. The van der Waals surface area contributed by atoms with Crippen molar-refractivity contribution in [1.82, 2.24) is 15.4 Å². The lowest BCUT2D eigenvalue weighted by atomic mass is 10.2. The van der Waals surface area contributed by atoms with Gasteiger partial charge in [0.25, 0.3) is 0 Å². The standard InChI is InChI=1S/C10H8ClN3/c11-10-4-2-1-3-8(10)5-6-9-7-12-14-13-9/h1-7H,(H,12,13,14). The first-order valence-electron chi connectivity index (χ1n) is 4.14. The number of nitrogens with zero attached hydrogens (tertiary/aromatic N) is 2. The Morgan fingerprint density at radius 2 is 2.07 bits per heavy atom. The smallest absolute Gasteiger partial charge is 0.105 e. The van der Waals surface area contributed by atoms with Crippen molar-refractivity contribution < 1.29 is 0 Å². The zero-order chi connectivity index (χ0) is 9.80. The molecule has 0 unspecified atom stereocenters. The van der Waals surface area contributed by atoms with E-state index in [1.165, 1.54) is 0 Å². The number of H-pyrrole nitrogens is 1. The van der Waals surface area contributed by atoms with E-state index in [2.05, 4.69) is 15.4 Å². The molecule has 3 nitrogen and oxygen atoms in total. The molecule has 70 valence electrons. The highest BCUT2D eigenvalue weighted by atomic mass is 35.5. The Labute approximate surface area is 86.4 Å². The Morgan fingerprint density at radius 3 is 2.79 bits per heavy atom. The Morgan fingerprint density at radius 1 is 1.21 bits per heavy atom. The topological polar surface area (TPSA) is 41.6 Å². The lowest BCUT2D eigenvalue weighted by Gasteiger charge is -1.94. The molecule has 0 saturated carbocycles. The number of nitrogens with one attached hydrogen (secondary N) is 1. The van der Waals surface area contributed by atoms with E-state index >= 15 is 0 Å². The number of halogens is 1. The van der Waals surface area contributed by atoms with Crippen LogP contribution in [0.4, 0.5) is 0 Å². The van der Waals surface area contributed by atoms with Gasteiger partial charge in [0.2, 0.25) is 0 Å². The van der Waals surface area contributed by atoms with Crippen molar-refractivity contribution in [3.63, 3.8) is 0 Å². The quantitative estimate of drug-likeness (QED) is 0.819. The van der Waals surface area contributed by atoms with Crippen molar-refractivity contribution >= 4 is 23.8 Å². The highest BCUT2D eigenvalue weighted by molar-refractivity contribution is 6.32. The third-order valence-corrected chi connectivity index (χ3v) is 2.12. The maximum atomic E-state index is 5.97. The minimum Gasteiger partial charge on any atom is -0.197 e. The Hall–Kier alpha value is -1.61. The van der Waals surface area contributed by atoms with E-state index in [1.54, 1.807) is 6.20 Å². The monoisotopic (exact) mass is 205 g/mol. The molecule has 0 atom stereocenters. The highest BCUT2D eigenvalue weighted by Crippen LogP contribution is 2.17. The molecule has 0 radical (unpaired) electrons. The van der Waals surface area contributed by atoms with Gasteiger partial charge in [-0.2, -0.15) is 15.4 Å².